The number of nitrogens with zero attached hydrogens (tertiary/aromatic N) is 3. The zero-order chi connectivity index (χ0) is 26.0. The lowest BCUT2D eigenvalue weighted by Gasteiger charge is -2.34. The first-order chi connectivity index (χ1) is 17.8. The Kier molecular flexibility index (Phi) is 7.44. The fourth-order valence-electron chi connectivity index (χ4n) is 4.98. The minimum absolute atomic E-state index is 0.264. The first-order valence-corrected chi connectivity index (χ1v) is 14.6. The number of aliphatic hydroxyl groups is 1. The van der Waals surface area contributed by atoms with Crippen LogP contribution < -0.4 is 0 Å². The number of nitrogens with one attached hydrogen (secondary N) is 1. The number of rotatable bonds is 8. The van der Waals surface area contributed by atoms with Gasteiger partial charge in [0.1, 0.15) is 0 Å². The Labute approximate surface area is 218 Å². The molecule has 1 fully saturated rings. The van der Waals surface area contributed by atoms with Gasteiger partial charge in [-0.25, -0.2) is 8.42 Å². The van der Waals surface area contributed by atoms with Gasteiger partial charge in [0.05, 0.1) is 10.6 Å². The fourth-order valence-corrected chi connectivity index (χ4v) is 5.61. The number of fused-ring (bicyclic) bond motifs is 1. The Morgan fingerprint density at radius 2 is 1.57 bits per heavy atom. The van der Waals surface area contributed by atoms with E-state index in [-0.39, 0.29) is 6.61 Å². The van der Waals surface area contributed by atoms with Crippen LogP contribution >= 0.6 is 0 Å². The van der Waals surface area contributed by atoms with E-state index in [0.29, 0.717) is 4.90 Å². The topological polar surface area (TPSA) is 89.5 Å². The van der Waals surface area contributed by atoms with Gasteiger partial charge < -0.3 is 15.0 Å². The third-order valence-corrected chi connectivity index (χ3v) is 8.28. The average Bonchev–Trinajstić information content (AvgIpc) is 3.33. The van der Waals surface area contributed by atoms with Crippen LogP contribution in [-0.4, -0.2) is 78.9 Å². The van der Waals surface area contributed by atoms with Gasteiger partial charge >= 0.3 is 0 Å². The van der Waals surface area contributed by atoms with E-state index in [2.05, 4.69) is 51.2 Å². The molecule has 0 bridgehead atoms. The summed E-state index contributed by atoms with van der Waals surface area (Å²) < 4.78 is 23.6. The van der Waals surface area contributed by atoms with Crippen molar-refractivity contribution >= 4 is 20.7 Å². The normalized spacial score (nSPS) is 15.4. The largest absolute Gasteiger partial charge is 0.396 e. The zero-order valence-corrected chi connectivity index (χ0v) is 22.3. The molecule has 0 saturated carbocycles. The van der Waals surface area contributed by atoms with Gasteiger partial charge in [0, 0.05) is 80.0 Å². The molecule has 37 heavy (non-hydrogen) atoms. The van der Waals surface area contributed by atoms with Gasteiger partial charge in [-0.2, -0.15) is 0 Å². The van der Waals surface area contributed by atoms with E-state index < -0.39 is 9.84 Å². The molecule has 1 aliphatic heterocycles. The highest BCUT2D eigenvalue weighted by molar-refractivity contribution is 7.90. The molecular weight excluding hydrogens is 484 g/mol. The Bertz CT molecular complexity index is 1470. The summed E-state index contributed by atoms with van der Waals surface area (Å²) in [7, 11) is -3.22. The fraction of sp³-hybridized carbons (Fsp3) is 0.345. The van der Waals surface area contributed by atoms with Crippen LogP contribution in [0.3, 0.4) is 0 Å². The molecule has 5 rings (SSSR count). The second-order valence-electron chi connectivity index (χ2n) is 9.93. The van der Waals surface area contributed by atoms with Crippen molar-refractivity contribution in [1.82, 2.24) is 19.8 Å². The van der Waals surface area contributed by atoms with Crippen molar-refractivity contribution in [2.24, 2.45) is 0 Å². The maximum atomic E-state index is 11.8. The van der Waals surface area contributed by atoms with E-state index >= 15 is 0 Å². The van der Waals surface area contributed by atoms with E-state index in [1.165, 1.54) is 11.8 Å². The highest BCUT2D eigenvalue weighted by atomic mass is 32.2. The lowest BCUT2D eigenvalue weighted by Crippen LogP contribution is -2.46. The summed E-state index contributed by atoms with van der Waals surface area (Å²) in [5, 5.41) is 10.1. The van der Waals surface area contributed by atoms with Crippen LogP contribution in [-0.2, 0) is 16.4 Å². The van der Waals surface area contributed by atoms with E-state index in [1.807, 2.05) is 19.1 Å². The number of piperazine rings is 1. The molecule has 0 spiro atoms. The molecule has 0 aliphatic carbocycles. The van der Waals surface area contributed by atoms with E-state index in [9.17, 15) is 8.42 Å². The highest BCUT2D eigenvalue weighted by Crippen LogP contribution is 2.30. The number of aromatic amines is 1. The van der Waals surface area contributed by atoms with Crippen molar-refractivity contribution in [3.8, 4) is 22.5 Å². The number of aryl methyl sites for hydroxylation is 1. The Morgan fingerprint density at radius 1 is 0.919 bits per heavy atom. The maximum Gasteiger partial charge on any atom is 0.175 e. The number of sulfone groups is 1. The molecule has 2 aromatic heterocycles. The van der Waals surface area contributed by atoms with Crippen molar-refractivity contribution in [2.75, 3.05) is 45.6 Å². The van der Waals surface area contributed by atoms with Gasteiger partial charge in [-0.3, -0.25) is 9.88 Å². The van der Waals surface area contributed by atoms with Crippen molar-refractivity contribution in [2.45, 2.75) is 24.8 Å². The Hall–Kier alpha value is -3.04. The van der Waals surface area contributed by atoms with Crippen LogP contribution in [0, 0.1) is 6.92 Å². The smallest absolute Gasteiger partial charge is 0.175 e. The molecule has 0 unspecified atom stereocenters. The number of aromatic nitrogens is 2. The van der Waals surface area contributed by atoms with Crippen LogP contribution in [0.25, 0.3) is 33.4 Å². The predicted molar refractivity (Wildman–Crippen MR) is 148 cm³/mol. The SMILES string of the molecule is Cc1nc(-c2ccc(CN3CCN(CCCO)CC3)cc2)cc2[nH]c(-c3ccc(S(C)(=O)=O)cc3)cc12. The molecule has 0 amide bonds. The number of aliphatic hydroxyl groups excluding tert-OH is 1. The molecule has 194 valence electrons. The van der Waals surface area contributed by atoms with E-state index in [4.69, 9.17) is 10.1 Å². The first-order valence-electron chi connectivity index (χ1n) is 12.8. The van der Waals surface area contributed by atoms with Crippen LogP contribution in [0.4, 0.5) is 0 Å². The molecule has 2 aromatic carbocycles. The minimum atomic E-state index is -3.22. The maximum absolute atomic E-state index is 11.8. The van der Waals surface area contributed by atoms with Crippen molar-refractivity contribution in [3.63, 3.8) is 0 Å². The molecule has 1 saturated heterocycles. The molecule has 1 aliphatic rings. The van der Waals surface area contributed by atoms with Gasteiger partial charge in [-0.05, 0) is 48.7 Å². The molecule has 4 aromatic rings. The average molecular weight is 519 g/mol. The predicted octanol–water partition coefficient (Wildman–Crippen LogP) is 4.11. The summed E-state index contributed by atoms with van der Waals surface area (Å²) in [6.45, 7) is 8.42. The molecule has 2 N–H and O–H groups in total. The van der Waals surface area contributed by atoms with Gasteiger partial charge in [-0.15, -0.1) is 0 Å². The second-order valence-corrected chi connectivity index (χ2v) is 11.9. The summed E-state index contributed by atoms with van der Waals surface area (Å²) in [6, 6.07) is 19.8. The van der Waals surface area contributed by atoms with Crippen LogP contribution in [0.15, 0.2) is 65.6 Å². The first kappa shape index (κ1) is 25.6. The summed E-state index contributed by atoms with van der Waals surface area (Å²) in [4.78, 5) is 13.6. The summed E-state index contributed by atoms with van der Waals surface area (Å²) in [6.07, 6.45) is 2.07. The lowest BCUT2D eigenvalue weighted by atomic mass is 10.1. The summed E-state index contributed by atoms with van der Waals surface area (Å²) in [5.41, 5.74) is 7.13. The van der Waals surface area contributed by atoms with E-state index in [1.54, 1.807) is 12.1 Å². The highest BCUT2D eigenvalue weighted by Gasteiger charge is 2.17. The number of benzene rings is 2. The van der Waals surface area contributed by atoms with Crippen LogP contribution in [0.1, 0.15) is 17.7 Å². The Morgan fingerprint density at radius 3 is 2.22 bits per heavy atom. The van der Waals surface area contributed by atoms with Crippen LogP contribution in [0.5, 0.6) is 0 Å². The summed E-state index contributed by atoms with van der Waals surface area (Å²) in [5.74, 6) is 0. The molecular formula is C29H34N4O3S. The van der Waals surface area contributed by atoms with Crippen molar-refractivity contribution in [3.05, 3.63) is 71.9 Å². The van der Waals surface area contributed by atoms with Crippen molar-refractivity contribution < 1.29 is 13.5 Å². The molecule has 7 nitrogen and oxygen atoms in total. The second kappa shape index (κ2) is 10.8. The monoisotopic (exact) mass is 518 g/mol. The molecule has 3 heterocycles. The number of hydrogen-bond acceptors (Lipinski definition) is 6. The number of hydrogen-bond donors (Lipinski definition) is 2. The zero-order valence-electron chi connectivity index (χ0n) is 21.4. The summed E-state index contributed by atoms with van der Waals surface area (Å²) >= 11 is 0. The van der Waals surface area contributed by atoms with Gasteiger partial charge in [0.25, 0.3) is 0 Å². The van der Waals surface area contributed by atoms with Gasteiger partial charge in [0.2, 0.25) is 0 Å². The van der Waals surface area contributed by atoms with Crippen molar-refractivity contribution in [1.29, 1.82) is 0 Å². The van der Waals surface area contributed by atoms with Gasteiger partial charge in [0.15, 0.2) is 9.84 Å². The molecule has 0 radical (unpaired) electrons. The van der Waals surface area contributed by atoms with E-state index in [0.717, 1.165) is 84.8 Å². The number of pyridine rings is 1. The quantitative estimate of drug-likeness (QED) is 0.365. The number of H-pyrrole nitrogens is 1. The molecule has 0 atom stereocenters. The minimum Gasteiger partial charge on any atom is -0.396 e. The van der Waals surface area contributed by atoms with Crippen LogP contribution in [0.2, 0.25) is 0 Å². The third kappa shape index (κ3) is 5.93. The third-order valence-electron chi connectivity index (χ3n) is 7.15. The molecule has 8 heteroatoms. The van der Waals surface area contributed by atoms with Gasteiger partial charge in [-0.1, -0.05) is 36.4 Å². The lowest BCUT2D eigenvalue weighted by molar-refractivity contribution is 0.120. The Balaban J connectivity index is 1.30. The standard InChI is InChI=1S/C29H34N4O3S/c1-21-26-18-27(24-8-10-25(11-9-24)37(2,35)36)31-29(26)19-28(30-21)23-6-4-22(5-7-23)20-33-15-13-32(14-16-33)12-3-17-34/h4-11,18-19,31,34H,3,12-17,20H2,1-2H3.